The monoisotopic (exact) mass is 442 g/mol. The molecule has 3 aromatic rings. The fourth-order valence-electron chi connectivity index (χ4n) is 2.87. The highest BCUT2D eigenvalue weighted by Crippen LogP contribution is 2.18. The smallest absolute Gasteiger partial charge is 0.261 e. The first kappa shape index (κ1) is 22.5. The lowest BCUT2D eigenvalue weighted by Gasteiger charge is -2.10. The topological polar surface area (TPSA) is 114 Å². The molecule has 0 spiro atoms. The number of nitrogens with zero attached hydrogens (tertiary/aromatic N) is 2. The first-order chi connectivity index (χ1) is 14.7. The van der Waals surface area contributed by atoms with Gasteiger partial charge in [0.15, 0.2) is 5.82 Å². The lowest BCUT2D eigenvalue weighted by atomic mass is 10.2. The van der Waals surface area contributed by atoms with Crippen LogP contribution in [0.4, 0.5) is 5.69 Å². The number of aryl methyl sites for hydroxylation is 2. The number of carbonyl (C=O) groups excluding carboxylic acids is 1. The molecule has 164 valence electrons. The van der Waals surface area contributed by atoms with E-state index in [0.717, 1.165) is 5.56 Å². The maximum absolute atomic E-state index is 12.7. The minimum Gasteiger partial charge on any atom is -0.352 e. The summed E-state index contributed by atoms with van der Waals surface area (Å²) >= 11 is 0. The number of amides is 1. The number of anilines is 1. The molecule has 1 aromatic heterocycles. The van der Waals surface area contributed by atoms with Crippen molar-refractivity contribution in [2.24, 2.45) is 0 Å². The van der Waals surface area contributed by atoms with Crippen molar-refractivity contribution in [3.63, 3.8) is 0 Å². The van der Waals surface area contributed by atoms with Gasteiger partial charge in [-0.3, -0.25) is 9.52 Å². The van der Waals surface area contributed by atoms with Crippen LogP contribution in [-0.4, -0.2) is 31.0 Å². The molecule has 0 aliphatic carbocycles. The van der Waals surface area contributed by atoms with E-state index in [1.54, 1.807) is 30.3 Å². The molecule has 31 heavy (non-hydrogen) atoms. The molecule has 0 radical (unpaired) electrons. The Morgan fingerprint density at radius 1 is 1.13 bits per heavy atom. The largest absolute Gasteiger partial charge is 0.352 e. The molecule has 0 saturated heterocycles. The molecular weight excluding hydrogens is 416 g/mol. The van der Waals surface area contributed by atoms with Gasteiger partial charge in [0.1, 0.15) is 0 Å². The molecular formula is C22H26N4O4S. The van der Waals surface area contributed by atoms with Crippen LogP contribution < -0.4 is 10.0 Å². The van der Waals surface area contributed by atoms with Crippen molar-refractivity contribution in [3.8, 4) is 0 Å². The number of aromatic nitrogens is 2. The summed E-state index contributed by atoms with van der Waals surface area (Å²) in [5.41, 5.74) is 1.68. The van der Waals surface area contributed by atoms with Crippen LogP contribution in [0.15, 0.2) is 57.9 Å². The average Bonchev–Trinajstić information content (AvgIpc) is 3.20. The van der Waals surface area contributed by atoms with Crippen molar-refractivity contribution in [1.82, 2.24) is 15.5 Å². The minimum absolute atomic E-state index is 0.0220. The lowest BCUT2D eigenvalue weighted by molar-refractivity contribution is 0.0952. The Hall–Kier alpha value is -3.20. The Morgan fingerprint density at radius 3 is 2.61 bits per heavy atom. The molecule has 0 atom stereocenters. The van der Waals surface area contributed by atoms with E-state index in [1.807, 2.05) is 26.8 Å². The third kappa shape index (κ3) is 6.14. The normalized spacial score (nSPS) is 11.5. The maximum atomic E-state index is 12.7. The van der Waals surface area contributed by atoms with Crippen LogP contribution in [0.3, 0.4) is 0 Å². The number of hydrogen-bond donors (Lipinski definition) is 2. The van der Waals surface area contributed by atoms with Gasteiger partial charge < -0.3 is 9.84 Å². The summed E-state index contributed by atoms with van der Waals surface area (Å²) in [5, 5.41) is 6.70. The fraction of sp³-hybridized carbons (Fsp3) is 0.318. The molecule has 3 rings (SSSR count). The molecule has 0 bridgehead atoms. The van der Waals surface area contributed by atoms with Crippen LogP contribution >= 0.6 is 0 Å². The first-order valence-electron chi connectivity index (χ1n) is 10.0. The average molecular weight is 443 g/mol. The van der Waals surface area contributed by atoms with Gasteiger partial charge in [-0.2, -0.15) is 4.98 Å². The van der Waals surface area contributed by atoms with E-state index in [9.17, 15) is 13.2 Å². The highest BCUT2D eigenvalue weighted by molar-refractivity contribution is 7.92. The number of benzene rings is 2. The van der Waals surface area contributed by atoms with Gasteiger partial charge in [0.25, 0.3) is 15.9 Å². The molecule has 1 heterocycles. The predicted octanol–water partition coefficient (Wildman–Crippen LogP) is 3.66. The summed E-state index contributed by atoms with van der Waals surface area (Å²) in [7, 11) is -3.81. The van der Waals surface area contributed by atoms with E-state index in [2.05, 4.69) is 20.2 Å². The van der Waals surface area contributed by atoms with Crippen LogP contribution in [0, 0.1) is 6.92 Å². The van der Waals surface area contributed by atoms with E-state index in [-0.39, 0.29) is 22.3 Å². The van der Waals surface area contributed by atoms with Gasteiger partial charge in [-0.05, 0) is 49.2 Å². The summed E-state index contributed by atoms with van der Waals surface area (Å²) < 4.78 is 33.1. The fourth-order valence-corrected chi connectivity index (χ4v) is 3.97. The molecule has 0 aliphatic heterocycles. The quantitative estimate of drug-likeness (QED) is 0.489. The van der Waals surface area contributed by atoms with Crippen LogP contribution in [0.1, 0.15) is 53.8 Å². The molecule has 1 amide bonds. The van der Waals surface area contributed by atoms with Crippen molar-refractivity contribution >= 4 is 21.6 Å². The summed E-state index contributed by atoms with van der Waals surface area (Å²) in [5.74, 6) is 1.05. The SMILES string of the molecule is Cc1cccc(NS(=O)(=O)c2cccc(C(=O)NCCCc3nc(C(C)C)no3)c2)c1. The standard InChI is InChI=1S/C22H26N4O4S/c1-15(2)21-24-20(30-25-21)11-6-12-23-22(27)17-8-5-10-19(14-17)31(28,29)26-18-9-4-7-16(3)13-18/h4-5,7-10,13-15,26H,6,11-12H2,1-3H3,(H,23,27). The second-order valence-corrected chi connectivity index (χ2v) is 9.25. The zero-order valence-electron chi connectivity index (χ0n) is 17.8. The zero-order chi connectivity index (χ0) is 22.4. The number of sulfonamides is 1. The van der Waals surface area contributed by atoms with E-state index in [0.29, 0.717) is 36.8 Å². The predicted molar refractivity (Wildman–Crippen MR) is 117 cm³/mol. The third-order valence-corrected chi connectivity index (χ3v) is 5.91. The molecule has 0 unspecified atom stereocenters. The second kappa shape index (κ2) is 9.74. The molecule has 0 aliphatic rings. The maximum Gasteiger partial charge on any atom is 0.261 e. The molecule has 9 heteroatoms. The molecule has 8 nitrogen and oxygen atoms in total. The zero-order valence-corrected chi connectivity index (χ0v) is 18.6. The van der Waals surface area contributed by atoms with Crippen molar-refractivity contribution in [2.45, 2.75) is 44.4 Å². The summed E-state index contributed by atoms with van der Waals surface area (Å²) in [6.45, 7) is 6.25. The Morgan fingerprint density at radius 2 is 1.90 bits per heavy atom. The van der Waals surface area contributed by atoms with E-state index >= 15 is 0 Å². The highest BCUT2D eigenvalue weighted by Gasteiger charge is 2.17. The second-order valence-electron chi connectivity index (χ2n) is 7.56. The third-order valence-electron chi connectivity index (χ3n) is 4.53. The lowest BCUT2D eigenvalue weighted by Crippen LogP contribution is -2.25. The van der Waals surface area contributed by atoms with E-state index < -0.39 is 10.0 Å². The molecule has 0 saturated carbocycles. The molecule has 2 N–H and O–H groups in total. The minimum atomic E-state index is -3.81. The van der Waals surface area contributed by atoms with Crippen molar-refractivity contribution < 1.29 is 17.7 Å². The van der Waals surface area contributed by atoms with Crippen molar-refractivity contribution in [1.29, 1.82) is 0 Å². The number of hydrogen-bond acceptors (Lipinski definition) is 6. The van der Waals surface area contributed by atoms with Gasteiger partial charge in [0.05, 0.1) is 4.90 Å². The van der Waals surface area contributed by atoms with Crippen LogP contribution in [0.5, 0.6) is 0 Å². The van der Waals surface area contributed by atoms with E-state index in [1.165, 1.54) is 12.1 Å². The van der Waals surface area contributed by atoms with Gasteiger partial charge in [-0.25, -0.2) is 8.42 Å². The molecule has 0 fully saturated rings. The molecule has 2 aromatic carbocycles. The Bertz CT molecular complexity index is 1160. The highest BCUT2D eigenvalue weighted by atomic mass is 32.2. The summed E-state index contributed by atoms with van der Waals surface area (Å²) in [6.07, 6.45) is 1.17. The van der Waals surface area contributed by atoms with Gasteiger partial charge in [0, 0.05) is 30.1 Å². The first-order valence-corrected chi connectivity index (χ1v) is 11.5. The van der Waals surface area contributed by atoms with Crippen molar-refractivity contribution in [2.75, 3.05) is 11.3 Å². The van der Waals surface area contributed by atoms with Crippen molar-refractivity contribution in [3.05, 3.63) is 71.4 Å². The Labute approximate surface area is 182 Å². The van der Waals surface area contributed by atoms with Gasteiger partial charge in [-0.1, -0.05) is 37.2 Å². The van der Waals surface area contributed by atoms with Gasteiger partial charge in [0.2, 0.25) is 5.89 Å². The number of nitrogens with one attached hydrogen (secondary N) is 2. The summed E-state index contributed by atoms with van der Waals surface area (Å²) in [4.78, 5) is 16.8. The van der Waals surface area contributed by atoms with Gasteiger partial charge >= 0.3 is 0 Å². The van der Waals surface area contributed by atoms with Crippen LogP contribution in [-0.2, 0) is 16.4 Å². The Balaban J connectivity index is 1.57. The van der Waals surface area contributed by atoms with Crippen LogP contribution in [0.25, 0.3) is 0 Å². The number of rotatable bonds is 9. The van der Waals surface area contributed by atoms with Crippen LogP contribution in [0.2, 0.25) is 0 Å². The Kier molecular flexibility index (Phi) is 7.06. The number of carbonyl (C=O) groups is 1. The van der Waals surface area contributed by atoms with E-state index in [4.69, 9.17) is 4.52 Å². The summed E-state index contributed by atoms with van der Waals surface area (Å²) in [6, 6.07) is 13.0. The van der Waals surface area contributed by atoms with Gasteiger partial charge in [-0.15, -0.1) is 0 Å².